The first-order chi connectivity index (χ1) is 64.1. The topological polar surface area (TPSA) is 408 Å². The van der Waals surface area contributed by atoms with Crippen LogP contribution in [0.5, 0.6) is 28.7 Å². The Hall–Kier alpha value is -10.1. The summed E-state index contributed by atoms with van der Waals surface area (Å²) >= 11 is 0. The Balaban J connectivity index is 0.000000292. The van der Waals surface area contributed by atoms with Crippen molar-refractivity contribution < 1.29 is 125 Å². The average molecular weight is 1840 g/mol. The maximum Gasteiger partial charge on any atom is 0.345 e. The number of carbonyl (C=O) groups excluding carboxylic acids is 9. The van der Waals surface area contributed by atoms with Crippen molar-refractivity contribution >= 4 is 225 Å². The van der Waals surface area contributed by atoms with Gasteiger partial charge in [-0.15, -0.1) is 0 Å². The van der Waals surface area contributed by atoms with E-state index in [2.05, 4.69) is 0 Å². The van der Waals surface area contributed by atoms with Gasteiger partial charge >= 0.3 is 53.7 Å². The summed E-state index contributed by atoms with van der Waals surface area (Å²) in [5.74, 6) is -14.5. The fourth-order valence-corrected chi connectivity index (χ4v) is 15.3. The fraction of sp³-hybridized carbons (Fsp3) is 0.345. The van der Waals surface area contributed by atoms with Crippen molar-refractivity contribution in [2.45, 2.75) is 146 Å². The molecule has 9 rings (SSSR count). The highest BCUT2D eigenvalue weighted by Crippen LogP contribution is 2.39. The normalized spacial score (nSPS) is 12.9. The predicted molar refractivity (Wildman–Crippen MR) is 513 cm³/mol. The van der Waals surface area contributed by atoms with Crippen LogP contribution in [0.25, 0.3) is 0 Å². The molecule has 48 heteroatoms. The van der Waals surface area contributed by atoms with Crippen LogP contribution >= 0.6 is 0 Å². The summed E-state index contributed by atoms with van der Waals surface area (Å²) in [7, 11) is 91.7. The molecule has 1 saturated carbocycles. The summed E-state index contributed by atoms with van der Waals surface area (Å²) in [6.45, 7) is -2.19. The van der Waals surface area contributed by atoms with Gasteiger partial charge in [0.2, 0.25) is 0 Å². The molecule has 0 aromatic heterocycles. The molecule has 0 saturated heterocycles. The number of esters is 9. The smallest absolute Gasteiger partial charge is 0.345 e. The highest BCUT2D eigenvalue weighted by atomic mass is 32.2. The van der Waals surface area contributed by atoms with E-state index in [4.69, 9.17) is 184 Å². The first kappa shape index (κ1) is 112. The van der Waals surface area contributed by atoms with Crippen molar-refractivity contribution in [3.8, 4) is 28.7 Å². The van der Waals surface area contributed by atoms with Gasteiger partial charge in [-0.2, -0.15) is 0 Å². The van der Waals surface area contributed by atoms with Crippen LogP contribution in [0.4, 0.5) is 0 Å². The number of rotatable bonds is 42. The van der Waals surface area contributed by atoms with Gasteiger partial charge in [0.1, 0.15) is 48.7 Å². The summed E-state index contributed by atoms with van der Waals surface area (Å²) in [5, 5.41) is 0. The molecular weight excluding hydrogens is 1770 g/mol. The molecule has 2 unspecified atom stereocenters. The Bertz CT molecular complexity index is 5860. The van der Waals surface area contributed by atoms with Crippen molar-refractivity contribution in [2.24, 2.45) is 5.92 Å². The summed E-state index contributed by atoms with van der Waals surface area (Å²) < 4.78 is 148. The first-order valence-corrected chi connectivity index (χ1v) is 46.3. The molecule has 0 spiro atoms. The maximum atomic E-state index is 14.1. The first-order valence-electron chi connectivity index (χ1n) is 41.6. The van der Waals surface area contributed by atoms with Gasteiger partial charge in [-0.1, -0.05) is 217 Å². The number of hydrogen-bond donors (Lipinski definition) is 0. The molecule has 1 aliphatic rings. The molecular formula is C87H75B18O27S3-3. The van der Waals surface area contributed by atoms with Crippen LogP contribution in [-0.2, 0) is 168 Å². The molecule has 0 bridgehead atoms. The summed E-state index contributed by atoms with van der Waals surface area (Å²) in [5.41, 5.74) is 8.16. The molecule has 1 aliphatic carbocycles. The minimum atomic E-state index is -4.88. The predicted octanol–water partition coefficient (Wildman–Crippen LogP) is 2.40. The van der Waals surface area contributed by atoms with Gasteiger partial charge in [-0.05, 0) is 108 Å². The van der Waals surface area contributed by atoms with Gasteiger partial charge in [-0.25, -0.2) is 63.6 Å². The van der Waals surface area contributed by atoms with Gasteiger partial charge in [0.05, 0.1) is 234 Å². The minimum absolute atomic E-state index is 0.00463. The van der Waals surface area contributed by atoms with Gasteiger partial charge in [0.25, 0.3) is 0 Å². The number of hydrogen-bond acceptors (Lipinski definition) is 27. The van der Waals surface area contributed by atoms with Crippen LogP contribution in [0.2, 0.25) is 0 Å². The lowest BCUT2D eigenvalue weighted by Crippen LogP contribution is -2.31. The molecule has 1 fully saturated rings. The average Bonchev–Trinajstić information content (AvgIpc) is 0.782. The van der Waals surface area contributed by atoms with E-state index in [0.717, 1.165) is 35.4 Å². The van der Waals surface area contributed by atoms with Crippen molar-refractivity contribution in [3.05, 3.63) is 248 Å². The Labute approximate surface area is 809 Å². The third-order valence-electron chi connectivity index (χ3n) is 21.0. The van der Waals surface area contributed by atoms with Crippen LogP contribution in [0.15, 0.2) is 103 Å². The molecule has 2 atom stereocenters. The second-order valence-corrected chi connectivity index (χ2v) is 34.5. The lowest BCUT2D eigenvalue weighted by atomic mass is 9.81. The van der Waals surface area contributed by atoms with Crippen molar-refractivity contribution in [3.63, 3.8) is 0 Å². The number of benzene rings is 8. The number of carbonyl (C=O) groups is 9. The molecule has 0 heterocycles. The molecule has 36 radical (unpaired) electrons. The molecule has 27 nitrogen and oxygen atoms in total. The second-order valence-electron chi connectivity index (χ2n) is 29.9. The molecule has 0 amide bonds. The summed E-state index contributed by atoms with van der Waals surface area (Å²) in [4.78, 5) is 120. The standard InChI is InChI=1S/C39H31B9O11S.C29H24B6O9S.C19H23B3O7S/c40-11-20-3-23(14-43)30(17-46)27(6-20)36(49)57-26-9-33(58-37(50)28-7-21(12-41)4-24(15-44)31(28)18-47)35(39(52)56-1-2-60(53,54)55)34(10-26)59-38(51)29-8-22(13-42)5-25(16-45)32(29)19-48;30-10-16-3-19(12-32)25(14-34)23(5-16)28(37)43-21-7-18(27(36)42-1-2-45(39,40)41)8-22(9-21)44-29(38)24-6-17(11-31)4-20(13-33)26(24)15-35;20-9-12-6-14(10-21)17(11-22)16(7-12)19(24)29-15-3-1-2-13(8-15)18(23)28-4-5-30(25,26)27/h3-10H,1-2,11-19H2,(H,53,54,55);3-9H,1-2,10-15H2,(H,39,40,41);6-7,13,15H,1-5,8-11H2,(H,25,26,27)/p-3. The van der Waals surface area contributed by atoms with Crippen molar-refractivity contribution in [1.29, 1.82) is 0 Å². The molecule has 0 N–H and O–H groups in total. The van der Waals surface area contributed by atoms with Gasteiger partial charge < -0.3 is 56.3 Å². The SMILES string of the molecule is [B]Cc1cc(C[B])c(C[B])c(C(=O)OC2CCCC(C(=O)OCCS(=O)(=O)[O-])C2)c1.[B]Cc1cc(C[B])c(C[B])c(C(=O)Oc2cc(OC(=O)c3cc(C[B])cc(C[B])c3C[B])c(C(=O)OCCS(=O)(=O)[O-])c(OC(=O)c3cc(C[B])cc(C[B])c3C[B])c2)c1.[B]Cc1cc(C[B])c(C[B])c(C(=O)Oc2cc(OC(=O)c3cc(C[B])cc(C[B])c3C[B])cc(C(=O)OCCS(=O)(=O)[O-])c2)c1. The zero-order chi connectivity index (χ0) is 99.9. The van der Waals surface area contributed by atoms with E-state index in [9.17, 15) is 82.1 Å². The van der Waals surface area contributed by atoms with Crippen LogP contribution in [0, 0.1) is 5.92 Å². The van der Waals surface area contributed by atoms with Gasteiger partial charge in [0, 0.05) is 18.2 Å². The largest absolute Gasteiger partial charge is 0.748 e. The number of ether oxygens (including phenoxy) is 9. The van der Waals surface area contributed by atoms with Crippen LogP contribution < -0.4 is 23.7 Å². The zero-order valence-electron chi connectivity index (χ0n) is 73.4. The summed E-state index contributed by atoms with van der Waals surface area (Å²) in [6.07, 6.45) is 1.69. The molecule has 660 valence electrons. The van der Waals surface area contributed by atoms with E-state index < -0.39 is 156 Å². The second kappa shape index (κ2) is 53.0. The molecule has 135 heavy (non-hydrogen) atoms. The van der Waals surface area contributed by atoms with Crippen LogP contribution in [0.1, 0.15) is 209 Å². The Morgan fingerprint density at radius 2 is 0.541 bits per heavy atom. The van der Waals surface area contributed by atoms with Gasteiger partial charge in [-0.3, -0.25) is 4.79 Å². The minimum Gasteiger partial charge on any atom is -0.748 e. The fourth-order valence-electron chi connectivity index (χ4n) is 14.4. The van der Waals surface area contributed by atoms with E-state index >= 15 is 0 Å². The highest BCUT2D eigenvalue weighted by Gasteiger charge is 2.34. The van der Waals surface area contributed by atoms with Crippen LogP contribution in [-0.4, -0.2) is 277 Å². The van der Waals surface area contributed by atoms with E-state index in [1.54, 1.807) is 36.4 Å². The van der Waals surface area contributed by atoms with Gasteiger partial charge in [0.15, 0.2) is 11.5 Å². The highest BCUT2D eigenvalue weighted by molar-refractivity contribution is 7.86. The third-order valence-corrected chi connectivity index (χ3v) is 23.0. The molecule has 8 aromatic rings. The lowest BCUT2D eigenvalue weighted by molar-refractivity contribution is -0.150. The quantitative estimate of drug-likeness (QED) is 0.0174. The Kier molecular flexibility index (Phi) is 43.9. The van der Waals surface area contributed by atoms with E-state index in [1.807, 2.05) is 6.07 Å². The monoisotopic (exact) mass is 1850 g/mol. The van der Waals surface area contributed by atoms with E-state index in [1.165, 1.54) is 36.4 Å². The lowest BCUT2D eigenvalue weighted by Gasteiger charge is -2.28. The molecule has 8 aromatic carbocycles. The summed E-state index contributed by atoms with van der Waals surface area (Å²) in [6, 6.07) is 24.4. The van der Waals surface area contributed by atoms with Crippen molar-refractivity contribution in [1.82, 2.24) is 0 Å². The maximum absolute atomic E-state index is 14.1. The zero-order valence-corrected chi connectivity index (χ0v) is 75.9. The molecule has 0 aliphatic heterocycles. The third kappa shape index (κ3) is 31.7. The van der Waals surface area contributed by atoms with Crippen LogP contribution in [0.3, 0.4) is 0 Å². The Morgan fingerprint density at radius 1 is 0.281 bits per heavy atom. The van der Waals surface area contributed by atoms with E-state index in [0.29, 0.717) is 103 Å². The van der Waals surface area contributed by atoms with Crippen molar-refractivity contribution in [2.75, 3.05) is 37.1 Å². The Morgan fingerprint density at radius 3 is 0.807 bits per heavy atom. The van der Waals surface area contributed by atoms with E-state index in [-0.39, 0.29) is 176 Å².